The molecule has 0 heterocycles. The van der Waals surface area contributed by atoms with Gasteiger partial charge in [0.25, 0.3) is 0 Å². The van der Waals surface area contributed by atoms with E-state index in [0.29, 0.717) is 0 Å². The Bertz CT molecular complexity index is 14.9. The summed E-state index contributed by atoms with van der Waals surface area (Å²) in [6.07, 6.45) is 0. The van der Waals surface area contributed by atoms with Crippen LogP contribution in [0, 0.1) is 0 Å². The zero-order valence-electron chi connectivity index (χ0n) is 6.18. The molecule has 0 rings (SSSR count). The Labute approximate surface area is 108 Å². The van der Waals surface area contributed by atoms with Gasteiger partial charge in [0.1, 0.15) is 0 Å². The molecule has 0 aliphatic heterocycles. The Kier molecular flexibility index (Phi) is 152000. The van der Waals surface area contributed by atoms with Crippen LogP contribution in [0.15, 0.2) is 0 Å². The van der Waals surface area contributed by atoms with Gasteiger partial charge in [0.05, 0.1) is 0 Å². The Balaban J connectivity index is 0. The third-order valence-corrected chi connectivity index (χ3v) is 0. The molecule has 0 aromatic heterocycles. The van der Waals surface area contributed by atoms with Crippen molar-refractivity contribution in [1.29, 1.82) is 0 Å². The molecule has 0 atom stereocenters. The molecule has 0 aliphatic rings. The van der Waals surface area contributed by atoms with E-state index in [1.807, 2.05) is 0 Å². The van der Waals surface area contributed by atoms with Crippen molar-refractivity contribution in [1.82, 2.24) is 0 Å². The third kappa shape index (κ3) is 1060. The van der Waals surface area contributed by atoms with Crippen molar-refractivity contribution < 1.29 is 108 Å². The van der Waals surface area contributed by atoms with E-state index in [0.717, 1.165) is 0 Å². The van der Waals surface area contributed by atoms with Gasteiger partial charge in [-0.15, -0.1) is 0 Å². The molecule has 0 aromatic rings. The molecule has 0 bridgehead atoms. The standard InChI is InChI=1S/Co.Cr.H4O.9H2O.Zn/h;;1H4;9*1H2;/q+2;+3;+2;;;;;;;;;;+2/p-9. The van der Waals surface area contributed by atoms with Crippen molar-refractivity contribution in [3.05, 3.63) is 0 Å². The average Bonchev–Trinajstić information content (AvgIpc) is 0. The van der Waals surface area contributed by atoms with Crippen molar-refractivity contribution in [2.75, 3.05) is 0 Å². The minimum atomic E-state index is 0. The van der Waals surface area contributed by atoms with Crippen LogP contribution in [-0.2, 0) is 59.1 Å². The summed E-state index contributed by atoms with van der Waals surface area (Å²) in [6, 6.07) is 0. The van der Waals surface area contributed by atoms with Crippen LogP contribution in [-0.4, -0.2) is 49.3 Å². The maximum absolute atomic E-state index is 0. The van der Waals surface area contributed by atoms with E-state index in [-0.39, 0.29) is 108 Å². The van der Waals surface area contributed by atoms with Crippen LogP contribution >= 0.6 is 0 Å². The molecule has 0 aromatic carbocycles. The minimum absolute atomic E-state index is 0. The Morgan fingerprint density at radius 2 is 0.385 bits per heavy atom. The van der Waals surface area contributed by atoms with Crippen LogP contribution in [0.5, 0.6) is 0 Å². The molecule has 0 fully saturated rings. The van der Waals surface area contributed by atoms with E-state index in [9.17, 15) is 0 Å². The molecule has 13 N–H and O–H groups in total. The number of rotatable bonds is 0. The second-order valence-corrected chi connectivity index (χ2v) is 0. The average molecular weight is 349 g/mol. The van der Waals surface area contributed by atoms with Crippen LogP contribution in [0.1, 0.15) is 0 Å². The van der Waals surface area contributed by atoms with Crippen LogP contribution in [0.4, 0.5) is 0 Å². The summed E-state index contributed by atoms with van der Waals surface area (Å²) in [5.41, 5.74) is 0. The van der Waals surface area contributed by atoms with Crippen LogP contribution in [0.2, 0.25) is 0 Å². The van der Waals surface area contributed by atoms with E-state index in [1.165, 1.54) is 0 Å². The van der Waals surface area contributed by atoms with Gasteiger partial charge < -0.3 is 54.8 Å². The first-order valence-electron chi connectivity index (χ1n) is 0. The summed E-state index contributed by atoms with van der Waals surface area (Å²) in [5, 5.41) is 0. The summed E-state index contributed by atoms with van der Waals surface area (Å²) < 4.78 is 0. The molecule has 0 amide bonds. The topological polar surface area (TPSA) is 304 Å². The first-order chi connectivity index (χ1) is 0. The van der Waals surface area contributed by atoms with Crippen LogP contribution in [0.25, 0.3) is 0 Å². The molecule has 10 nitrogen and oxygen atoms in total. The summed E-state index contributed by atoms with van der Waals surface area (Å²) >= 11 is 0. The smallest absolute Gasteiger partial charge is 0.873 e. The molecule has 13 heteroatoms. The second kappa shape index (κ2) is 1250. The van der Waals surface area contributed by atoms with Gasteiger partial charge >= 0.3 is 53.6 Å². The first kappa shape index (κ1) is 1570. The quantitative estimate of drug-likeness (QED) is 0.407. The molecule has 0 saturated heterocycles. The van der Waals surface area contributed by atoms with Gasteiger partial charge in [-0.25, -0.2) is 0 Å². The van der Waals surface area contributed by atoms with Crippen molar-refractivity contribution in [2.24, 2.45) is 0 Å². The van der Waals surface area contributed by atoms with Crippen molar-refractivity contribution >= 4 is 0 Å². The largest absolute Gasteiger partial charge is 3.00 e. The van der Waals surface area contributed by atoms with Gasteiger partial charge in [-0.2, -0.15) is 0 Å². The fourth-order valence-corrected chi connectivity index (χ4v) is 0. The molecule has 13 heavy (non-hydrogen) atoms. The van der Waals surface area contributed by atoms with E-state index < -0.39 is 0 Å². The van der Waals surface area contributed by atoms with E-state index >= 15 is 0 Å². The van der Waals surface area contributed by atoms with Gasteiger partial charge in [-0.1, -0.05) is 0 Å². The normalized spacial score (nSPS) is 0. The molecule has 0 unspecified atom stereocenters. The molecule has 2 radical (unpaired) electrons. The van der Waals surface area contributed by atoms with Crippen LogP contribution in [0.3, 0.4) is 0 Å². The number of hydrogen-bond acceptors (Lipinski definition) is 9. The van der Waals surface area contributed by atoms with Crippen molar-refractivity contribution in [3.63, 3.8) is 0 Å². The predicted molar refractivity (Wildman–Crippen MR) is 23.7 cm³/mol. The summed E-state index contributed by atoms with van der Waals surface area (Å²) in [7, 11) is 0. The van der Waals surface area contributed by atoms with E-state index in [4.69, 9.17) is 0 Å². The minimum Gasteiger partial charge on any atom is -0.873 e. The molecular formula is H13CoCrO10Zn. The van der Waals surface area contributed by atoms with Gasteiger partial charge in [0, 0.05) is 0 Å². The zero-order valence-corrected chi connectivity index (χ0v) is 11.5. The second-order valence-electron chi connectivity index (χ2n) is 0. The van der Waals surface area contributed by atoms with Gasteiger partial charge in [-0.3, -0.25) is 0 Å². The van der Waals surface area contributed by atoms with Crippen molar-refractivity contribution in [2.45, 2.75) is 0 Å². The molecule has 0 aliphatic carbocycles. The first-order valence-corrected chi connectivity index (χ1v) is 0. The monoisotopic (exact) mass is 348 g/mol. The maximum atomic E-state index is 0. The third-order valence-electron chi connectivity index (χ3n) is 0. The van der Waals surface area contributed by atoms with Gasteiger partial charge in [0.2, 0.25) is 0 Å². The Morgan fingerprint density at radius 1 is 0.385 bits per heavy atom. The SMILES string of the molecule is [Co+2].[Cr+3].[OH-].[OH-].[OH-].[OH-].[OH-].[OH-].[OH-].[OH-].[OH-].[OH4+2].[Zn+2]. The molecule has 0 spiro atoms. The fourth-order valence-electron chi connectivity index (χ4n) is 0. The van der Waals surface area contributed by atoms with Gasteiger partial charge in [-0.05, 0) is 0 Å². The Morgan fingerprint density at radius 3 is 0.385 bits per heavy atom. The predicted octanol–water partition coefficient (Wildman–Crippen LogP) is -2.79. The van der Waals surface area contributed by atoms with Gasteiger partial charge in [0.15, 0.2) is 0 Å². The summed E-state index contributed by atoms with van der Waals surface area (Å²) in [4.78, 5) is 0. The summed E-state index contributed by atoms with van der Waals surface area (Å²) in [6.45, 7) is 0. The Hall–Kier alpha value is 1.26. The van der Waals surface area contributed by atoms with Crippen LogP contribution < -0.4 is 0 Å². The molecule has 90 valence electrons. The maximum Gasteiger partial charge on any atom is 3.00 e. The van der Waals surface area contributed by atoms with E-state index in [1.54, 1.807) is 0 Å². The molecule has 0 saturated carbocycles. The molecular weight excluding hydrogens is 336 g/mol. The summed E-state index contributed by atoms with van der Waals surface area (Å²) in [5.74, 6) is 0. The zero-order chi connectivity index (χ0) is 0. The number of hydrogen-bond donors (Lipinski definition) is 0. The fraction of sp³-hybridized carbons (Fsp3) is 0. The van der Waals surface area contributed by atoms with Crippen molar-refractivity contribution in [3.8, 4) is 0 Å². The van der Waals surface area contributed by atoms with E-state index in [2.05, 4.69) is 0 Å².